The van der Waals surface area contributed by atoms with Crippen LogP contribution in [0.4, 0.5) is 0 Å². The number of ether oxygens (including phenoxy) is 1. The highest BCUT2D eigenvalue weighted by Crippen LogP contribution is 2.20. The summed E-state index contributed by atoms with van der Waals surface area (Å²) in [6.45, 7) is -0.675. The van der Waals surface area contributed by atoms with Crippen molar-refractivity contribution in [1.82, 2.24) is 4.72 Å². The van der Waals surface area contributed by atoms with Gasteiger partial charge in [-0.25, -0.2) is 4.18 Å². The molecular formula is C6H13NO10S2. The number of aliphatic hydroxyl groups excluding tert-OH is 2. The van der Waals surface area contributed by atoms with Crippen LogP contribution in [-0.2, 0) is 29.6 Å². The summed E-state index contributed by atoms with van der Waals surface area (Å²) in [6.07, 6.45) is -4.67. The van der Waals surface area contributed by atoms with Gasteiger partial charge in [0, 0.05) is 6.42 Å². The molecule has 13 heteroatoms. The first kappa shape index (κ1) is 16.7. The lowest BCUT2D eigenvalue weighted by Crippen LogP contribution is -2.57. The van der Waals surface area contributed by atoms with Crippen LogP contribution in [0.2, 0.25) is 0 Å². The fourth-order valence-corrected chi connectivity index (χ4v) is 2.46. The second-order valence-corrected chi connectivity index (χ2v) is 6.06. The Kier molecular flexibility index (Phi) is 5.21. The summed E-state index contributed by atoms with van der Waals surface area (Å²) in [5.74, 6) is 0. The molecule has 0 aromatic carbocycles. The van der Waals surface area contributed by atoms with Crippen LogP contribution in [0.1, 0.15) is 6.42 Å². The fraction of sp³-hybridized carbons (Fsp3) is 1.00. The number of nitrogens with one attached hydrogen (secondary N) is 1. The highest BCUT2D eigenvalue weighted by Gasteiger charge is 2.39. The van der Waals surface area contributed by atoms with E-state index in [9.17, 15) is 27.0 Å². The molecule has 3 unspecified atom stereocenters. The zero-order valence-electron chi connectivity index (χ0n) is 9.28. The van der Waals surface area contributed by atoms with Gasteiger partial charge in [0.25, 0.3) is 0 Å². The molecule has 0 amide bonds. The SMILES string of the molecule is O=S(=O)(O)NC1C(O)CC(COS(=O)(=O)O)O[C@@H]1O. The molecule has 1 saturated heterocycles. The third kappa shape index (κ3) is 6.07. The van der Waals surface area contributed by atoms with E-state index in [-0.39, 0.29) is 6.42 Å². The monoisotopic (exact) mass is 323 g/mol. The molecule has 0 bridgehead atoms. The highest BCUT2D eigenvalue weighted by atomic mass is 32.3. The zero-order valence-corrected chi connectivity index (χ0v) is 10.9. The Morgan fingerprint density at radius 1 is 1.21 bits per heavy atom. The molecule has 0 aromatic heterocycles. The standard InChI is InChI=1S/C6H13NO10S2/c8-4-1-3(2-16-19(13,14)15)17-6(9)5(4)7-18(10,11)12/h3-9H,1-2H2,(H,10,11,12)(H,13,14,15)/t3?,4?,5?,6-/m0/s1. The zero-order chi connectivity index (χ0) is 14.8. The van der Waals surface area contributed by atoms with Gasteiger partial charge in [-0.05, 0) is 0 Å². The summed E-state index contributed by atoms with van der Waals surface area (Å²) in [7, 11) is -9.36. The molecule has 114 valence electrons. The lowest BCUT2D eigenvalue weighted by Gasteiger charge is -2.36. The summed E-state index contributed by atoms with van der Waals surface area (Å²) in [4.78, 5) is 0. The molecule has 1 fully saturated rings. The molecule has 19 heavy (non-hydrogen) atoms. The van der Waals surface area contributed by atoms with Gasteiger partial charge in [0.2, 0.25) is 0 Å². The summed E-state index contributed by atoms with van der Waals surface area (Å²) in [5, 5.41) is 19.0. The van der Waals surface area contributed by atoms with Gasteiger partial charge in [-0.3, -0.25) is 9.11 Å². The molecule has 1 aliphatic heterocycles. The van der Waals surface area contributed by atoms with Crippen LogP contribution in [0.5, 0.6) is 0 Å². The molecule has 1 rings (SSSR count). The van der Waals surface area contributed by atoms with Crippen LogP contribution in [0.15, 0.2) is 0 Å². The minimum atomic E-state index is -4.70. The summed E-state index contributed by atoms with van der Waals surface area (Å²) >= 11 is 0. The van der Waals surface area contributed by atoms with Gasteiger partial charge in [-0.2, -0.15) is 21.6 Å². The molecular weight excluding hydrogens is 310 g/mol. The average molecular weight is 323 g/mol. The average Bonchev–Trinajstić information content (AvgIpc) is 2.18. The molecule has 1 heterocycles. The van der Waals surface area contributed by atoms with E-state index >= 15 is 0 Å². The predicted octanol–water partition coefficient (Wildman–Crippen LogP) is -2.96. The second kappa shape index (κ2) is 5.94. The Hall–Kier alpha value is -0.380. The second-order valence-electron chi connectivity index (χ2n) is 3.78. The molecule has 11 nitrogen and oxygen atoms in total. The molecule has 0 aliphatic carbocycles. The van der Waals surface area contributed by atoms with Crippen LogP contribution in [-0.4, -0.2) is 67.3 Å². The van der Waals surface area contributed by atoms with Crippen LogP contribution in [0, 0.1) is 0 Å². The van der Waals surface area contributed by atoms with Gasteiger partial charge in [-0.15, -0.1) is 0 Å². The Bertz CT molecular complexity index is 488. The van der Waals surface area contributed by atoms with Crippen LogP contribution in [0.3, 0.4) is 0 Å². The molecule has 0 saturated carbocycles. The first-order valence-electron chi connectivity index (χ1n) is 4.86. The Labute approximate surface area is 109 Å². The largest absolute Gasteiger partial charge is 0.397 e. The van der Waals surface area contributed by atoms with Crippen LogP contribution >= 0.6 is 0 Å². The van der Waals surface area contributed by atoms with Gasteiger partial charge in [-0.1, -0.05) is 0 Å². The smallest absolute Gasteiger partial charge is 0.391 e. The topological polar surface area (TPSA) is 180 Å². The molecule has 4 atom stereocenters. The lowest BCUT2D eigenvalue weighted by atomic mass is 10.0. The quantitative estimate of drug-likeness (QED) is 0.328. The summed E-state index contributed by atoms with van der Waals surface area (Å²) in [6, 6.07) is -1.52. The van der Waals surface area contributed by atoms with E-state index in [1.165, 1.54) is 0 Å². The minimum absolute atomic E-state index is 0.292. The highest BCUT2D eigenvalue weighted by molar-refractivity contribution is 7.83. The van der Waals surface area contributed by atoms with E-state index in [2.05, 4.69) is 4.18 Å². The van der Waals surface area contributed by atoms with Crippen molar-refractivity contribution >= 4 is 20.7 Å². The Balaban J connectivity index is 2.61. The van der Waals surface area contributed by atoms with E-state index < -0.39 is 51.8 Å². The molecule has 5 N–H and O–H groups in total. The number of hydrogen-bond donors (Lipinski definition) is 5. The molecule has 1 aliphatic rings. The van der Waals surface area contributed by atoms with Crippen molar-refractivity contribution < 1.29 is 45.1 Å². The number of hydrogen-bond acceptors (Lipinski definition) is 8. The maximum atomic E-state index is 10.6. The van der Waals surface area contributed by atoms with Crippen molar-refractivity contribution in [3.63, 3.8) is 0 Å². The maximum absolute atomic E-state index is 10.6. The first-order valence-corrected chi connectivity index (χ1v) is 7.66. The van der Waals surface area contributed by atoms with Gasteiger partial charge < -0.3 is 14.9 Å². The molecule has 0 aromatic rings. The van der Waals surface area contributed by atoms with Crippen molar-refractivity contribution in [2.45, 2.75) is 31.0 Å². The van der Waals surface area contributed by atoms with Crippen molar-refractivity contribution in [1.29, 1.82) is 0 Å². The van der Waals surface area contributed by atoms with Crippen LogP contribution in [0.25, 0.3) is 0 Å². The van der Waals surface area contributed by atoms with E-state index in [0.717, 1.165) is 0 Å². The number of rotatable bonds is 5. The van der Waals surface area contributed by atoms with E-state index in [4.69, 9.17) is 13.8 Å². The normalized spacial score (nSPS) is 33.3. The van der Waals surface area contributed by atoms with E-state index in [1.54, 1.807) is 4.72 Å². The van der Waals surface area contributed by atoms with Gasteiger partial charge in [0.05, 0.1) is 18.8 Å². The molecule has 0 spiro atoms. The van der Waals surface area contributed by atoms with Crippen molar-refractivity contribution in [3.8, 4) is 0 Å². The van der Waals surface area contributed by atoms with Gasteiger partial charge >= 0.3 is 20.7 Å². The maximum Gasteiger partial charge on any atom is 0.397 e. The van der Waals surface area contributed by atoms with Crippen molar-refractivity contribution in [2.24, 2.45) is 0 Å². The van der Waals surface area contributed by atoms with E-state index in [0.29, 0.717) is 0 Å². The first-order chi connectivity index (χ1) is 8.48. The fourth-order valence-electron chi connectivity index (χ4n) is 1.52. The third-order valence-electron chi connectivity index (χ3n) is 2.25. The Morgan fingerprint density at radius 2 is 1.79 bits per heavy atom. The molecule has 0 radical (unpaired) electrons. The minimum Gasteiger partial charge on any atom is -0.391 e. The lowest BCUT2D eigenvalue weighted by molar-refractivity contribution is -0.209. The van der Waals surface area contributed by atoms with Crippen LogP contribution < -0.4 is 4.72 Å². The van der Waals surface area contributed by atoms with Crippen molar-refractivity contribution in [2.75, 3.05) is 6.61 Å². The van der Waals surface area contributed by atoms with E-state index in [1.807, 2.05) is 0 Å². The number of aliphatic hydroxyl groups is 2. The van der Waals surface area contributed by atoms with Gasteiger partial charge in [0.15, 0.2) is 6.29 Å². The van der Waals surface area contributed by atoms with Crippen molar-refractivity contribution in [3.05, 3.63) is 0 Å². The summed E-state index contributed by atoms with van der Waals surface area (Å²) < 4.78 is 68.9. The third-order valence-corrected chi connectivity index (χ3v) is 3.25. The van der Waals surface area contributed by atoms with Gasteiger partial charge in [0.1, 0.15) is 6.04 Å². The summed E-state index contributed by atoms with van der Waals surface area (Å²) in [5.41, 5.74) is 0. The predicted molar refractivity (Wildman–Crippen MR) is 57.5 cm³/mol. The Morgan fingerprint density at radius 3 is 2.21 bits per heavy atom.